The van der Waals surface area contributed by atoms with E-state index in [1.165, 1.54) is 0 Å². The average molecular weight is 615 g/mol. The molecular weight excluding hydrogens is 580 g/mol. The lowest BCUT2D eigenvalue weighted by Crippen LogP contribution is -2.52. The Hall–Kier alpha value is -4.81. The number of primary amides is 1. The molecule has 44 heavy (non-hydrogen) atoms. The predicted octanol–water partition coefficient (Wildman–Crippen LogP) is 3.61. The number of aromatic nitrogens is 6. The van der Waals surface area contributed by atoms with Gasteiger partial charge in [0, 0.05) is 23.6 Å². The van der Waals surface area contributed by atoms with Crippen LogP contribution in [-0.2, 0) is 16.0 Å². The summed E-state index contributed by atoms with van der Waals surface area (Å²) in [4.78, 5) is 28.8. The van der Waals surface area contributed by atoms with Gasteiger partial charge in [0.1, 0.15) is 6.04 Å². The maximum Gasteiger partial charge on any atom is 0.240 e. The van der Waals surface area contributed by atoms with E-state index in [1.807, 2.05) is 42.5 Å². The summed E-state index contributed by atoms with van der Waals surface area (Å²) in [7, 11) is 0. The average Bonchev–Trinajstić information content (AvgIpc) is 3.72. The van der Waals surface area contributed by atoms with Crippen molar-refractivity contribution in [3.63, 3.8) is 0 Å². The highest BCUT2D eigenvalue weighted by molar-refractivity contribution is 6.02. The number of carbonyl (C=O) groups excluding carboxylic acids is 2. The van der Waals surface area contributed by atoms with Gasteiger partial charge in [-0.05, 0) is 90.4 Å². The fourth-order valence-corrected chi connectivity index (χ4v) is 6.06. The van der Waals surface area contributed by atoms with E-state index in [0.717, 1.165) is 58.8 Å². The summed E-state index contributed by atoms with van der Waals surface area (Å²) in [5.74, 6) is 0.384. The summed E-state index contributed by atoms with van der Waals surface area (Å²) < 4.78 is 0. The van der Waals surface area contributed by atoms with Gasteiger partial charge in [-0.15, -0.1) is 22.6 Å². The normalized spacial score (nSPS) is 17.1. The van der Waals surface area contributed by atoms with Crippen molar-refractivity contribution < 1.29 is 9.59 Å². The molecule has 2 aromatic heterocycles. The first-order valence-corrected chi connectivity index (χ1v) is 14.4. The van der Waals surface area contributed by atoms with Gasteiger partial charge in [-0.2, -0.15) is 10.3 Å². The number of nitrogen functional groups attached to an aromatic ring is 1. The Balaban J connectivity index is 0.00000384. The minimum atomic E-state index is -0.894. The fraction of sp³-hybridized carbons (Fsp3) is 0.290. The largest absolute Gasteiger partial charge is 0.382 e. The lowest BCUT2D eigenvalue weighted by molar-refractivity contribution is -0.127. The van der Waals surface area contributed by atoms with Gasteiger partial charge in [0.25, 0.3) is 0 Å². The highest BCUT2D eigenvalue weighted by Crippen LogP contribution is 2.34. The van der Waals surface area contributed by atoms with Crippen LogP contribution in [0.25, 0.3) is 33.4 Å². The number of fused-ring (bicyclic) bond motifs is 1. The molecule has 1 saturated carbocycles. The number of nitrogens with one attached hydrogen (secondary N) is 2. The molecule has 1 aliphatic rings. The Labute approximate surface area is 260 Å². The van der Waals surface area contributed by atoms with E-state index in [9.17, 15) is 9.59 Å². The first-order chi connectivity index (χ1) is 20.9. The molecule has 3 aromatic carbocycles. The van der Waals surface area contributed by atoms with E-state index in [0.29, 0.717) is 29.8 Å². The van der Waals surface area contributed by atoms with Crippen LogP contribution in [0.2, 0.25) is 0 Å². The zero-order valence-corrected chi connectivity index (χ0v) is 24.8. The molecule has 0 saturated heterocycles. The molecule has 13 heteroatoms. The van der Waals surface area contributed by atoms with Crippen molar-refractivity contribution in [3.8, 4) is 22.5 Å². The van der Waals surface area contributed by atoms with Crippen LogP contribution < -0.4 is 22.1 Å². The van der Waals surface area contributed by atoms with Gasteiger partial charge >= 0.3 is 0 Å². The fourth-order valence-electron chi connectivity index (χ4n) is 6.06. The molecule has 228 valence electrons. The maximum absolute atomic E-state index is 14.1. The van der Waals surface area contributed by atoms with Crippen molar-refractivity contribution in [2.24, 2.45) is 23.3 Å². The number of tetrazole rings is 1. The highest BCUT2D eigenvalue weighted by atomic mass is 35.5. The van der Waals surface area contributed by atoms with E-state index in [4.69, 9.17) is 17.2 Å². The molecule has 5 aromatic rings. The summed E-state index contributed by atoms with van der Waals surface area (Å²) >= 11 is 0. The molecule has 0 aliphatic heterocycles. The smallest absolute Gasteiger partial charge is 0.240 e. The third kappa shape index (κ3) is 6.12. The van der Waals surface area contributed by atoms with Crippen LogP contribution in [0.5, 0.6) is 0 Å². The topological polar surface area (TPSA) is 199 Å². The lowest BCUT2D eigenvalue weighted by Gasteiger charge is -2.35. The molecule has 0 radical (unpaired) electrons. The second-order valence-electron chi connectivity index (χ2n) is 11.1. The molecule has 1 atom stereocenters. The number of hydrogen-bond acceptors (Lipinski definition) is 8. The summed E-state index contributed by atoms with van der Waals surface area (Å²) in [6, 6.07) is 20.0. The third-order valence-corrected chi connectivity index (χ3v) is 8.47. The number of rotatable bonds is 9. The van der Waals surface area contributed by atoms with E-state index in [1.54, 1.807) is 29.2 Å². The summed E-state index contributed by atoms with van der Waals surface area (Å²) in [5.41, 5.74) is 23.0. The molecule has 12 nitrogen and oxygen atoms in total. The van der Waals surface area contributed by atoms with Crippen molar-refractivity contribution >= 4 is 46.6 Å². The molecule has 0 unspecified atom stereocenters. The van der Waals surface area contributed by atoms with E-state index < -0.39 is 11.9 Å². The molecule has 1 aliphatic carbocycles. The molecule has 2 amide bonds. The van der Waals surface area contributed by atoms with Gasteiger partial charge in [-0.3, -0.25) is 19.6 Å². The van der Waals surface area contributed by atoms with Crippen LogP contribution in [0, 0.1) is 11.8 Å². The van der Waals surface area contributed by atoms with E-state index in [-0.39, 0.29) is 30.7 Å². The monoisotopic (exact) mass is 614 g/mol. The minimum absolute atomic E-state index is 0. The second kappa shape index (κ2) is 13.2. The van der Waals surface area contributed by atoms with Crippen molar-refractivity contribution in [1.82, 2.24) is 30.8 Å². The minimum Gasteiger partial charge on any atom is -0.382 e. The van der Waals surface area contributed by atoms with Gasteiger partial charge in [-0.1, -0.05) is 36.4 Å². The number of benzene rings is 3. The van der Waals surface area contributed by atoms with Gasteiger partial charge in [-0.25, -0.2) is 0 Å². The molecular formula is C31H35ClN10O2. The van der Waals surface area contributed by atoms with Crippen LogP contribution in [0.3, 0.4) is 0 Å². The van der Waals surface area contributed by atoms with E-state index >= 15 is 0 Å². The van der Waals surface area contributed by atoms with Crippen LogP contribution in [0.4, 0.5) is 11.5 Å². The van der Waals surface area contributed by atoms with Crippen LogP contribution in [0.15, 0.2) is 66.7 Å². The number of amides is 2. The van der Waals surface area contributed by atoms with Crippen LogP contribution >= 0.6 is 12.4 Å². The van der Waals surface area contributed by atoms with E-state index in [2.05, 4.69) is 30.8 Å². The molecule has 2 heterocycles. The Morgan fingerprint density at radius 3 is 2.27 bits per heavy atom. The first-order valence-electron chi connectivity index (χ1n) is 14.4. The van der Waals surface area contributed by atoms with Gasteiger partial charge in [0.2, 0.25) is 17.6 Å². The van der Waals surface area contributed by atoms with Crippen molar-refractivity contribution in [2.75, 3.05) is 17.2 Å². The number of carbonyl (C=O) groups is 2. The molecule has 6 rings (SSSR count). The Bertz CT molecular complexity index is 1710. The molecule has 0 spiro atoms. The number of nitrogens with zero attached hydrogens (tertiary/aromatic N) is 5. The number of anilines is 2. The maximum atomic E-state index is 14.1. The van der Waals surface area contributed by atoms with Crippen molar-refractivity contribution in [3.05, 3.63) is 72.3 Å². The van der Waals surface area contributed by atoms with Crippen LogP contribution in [0.1, 0.15) is 31.2 Å². The summed E-state index contributed by atoms with van der Waals surface area (Å²) in [6.07, 6.45) is 3.47. The Morgan fingerprint density at radius 1 is 0.932 bits per heavy atom. The zero-order valence-electron chi connectivity index (χ0n) is 24.0. The van der Waals surface area contributed by atoms with Crippen molar-refractivity contribution in [2.45, 2.75) is 38.1 Å². The van der Waals surface area contributed by atoms with Gasteiger partial charge < -0.3 is 17.2 Å². The molecule has 8 N–H and O–H groups in total. The highest BCUT2D eigenvalue weighted by Gasteiger charge is 2.36. The molecule has 0 bridgehead atoms. The van der Waals surface area contributed by atoms with Crippen LogP contribution in [-0.4, -0.2) is 55.2 Å². The Kier molecular flexibility index (Phi) is 9.21. The third-order valence-electron chi connectivity index (χ3n) is 8.47. The van der Waals surface area contributed by atoms with Gasteiger partial charge in [0.05, 0.1) is 10.9 Å². The predicted molar refractivity (Wildman–Crippen MR) is 171 cm³/mol. The summed E-state index contributed by atoms with van der Waals surface area (Å²) in [5, 5.41) is 22.1. The van der Waals surface area contributed by atoms with Gasteiger partial charge in [0.15, 0.2) is 5.82 Å². The second-order valence-corrected chi connectivity index (χ2v) is 11.1. The SMILES string of the molecule is Cl.NCC1CCC(C(=O)N(c2ccc(-c3nn[nH]n3)cc2)[C@@H](Cc2ccc(-c3cccc4[nH]nc(N)c34)cc2)C(N)=O)CC1. The number of halogens is 1. The molecule has 1 fully saturated rings. The number of H-pyrrole nitrogens is 2. The standard InChI is InChI=1S/C31H34N10O2.ClH/c32-17-19-6-10-22(11-7-19)31(43)41(23-14-12-21(13-15-23)30-37-39-40-38-30)26(29(34)42)16-18-4-8-20(9-5-18)24-2-1-3-25-27(24)28(33)36-35-25;/h1-5,8-9,12-15,19,22,26H,6-7,10-11,16-17,32H2,(H2,34,42)(H3,33,35,36)(H,37,38,39,40);1H/t19?,22?,26-;/m0./s1. The zero-order chi connectivity index (χ0) is 29.9. The number of nitrogens with two attached hydrogens (primary N) is 3. The summed E-state index contributed by atoms with van der Waals surface area (Å²) in [6.45, 7) is 0.615. The number of aromatic amines is 2. The van der Waals surface area contributed by atoms with Crippen molar-refractivity contribution in [1.29, 1.82) is 0 Å². The lowest BCUT2D eigenvalue weighted by atomic mass is 9.81. The first kappa shape index (κ1) is 30.6. The quantitative estimate of drug-likeness (QED) is 0.166. The number of hydrogen-bond donors (Lipinski definition) is 5. The Morgan fingerprint density at radius 2 is 1.64 bits per heavy atom.